The summed E-state index contributed by atoms with van der Waals surface area (Å²) in [5.41, 5.74) is 2.27. The van der Waals surface area contributed by atoms with E-state index in [-0.39, 0.29) is 5.91 Å². The molecule has 0 spiro atoms. The minimum atomic E-state index is 0.233. The lowest BCUT2D eigenvalue weighted by Crippen LogP contribution is -2.39. The van der Waals surface area contributed by atoms with Crippen LogP contribution in [0.3, 0.4) is 0 Å². The van der Waals surface area contributed by atoms with Crippen LogP contribution < -0.4 is 0 Å². The Labute approximate surface area is 142 Å². The van der Waals surface area contributed by atoms with Gasteiger partial charge >= 0.3 is 0 Å². The monoisotopic (exact) mass is 328 g/mol. The predicted molar refractivity (Wildman–Crippen MR) is 94.6 cm³/mol. The third-order valence-electron chi connectivity index (χ3n) is 4.41. The average Bonchev–Trinajstić information content (AvgIpc) is 3.01. The summed E-state index contributed by atoms with van der Waals surface area (Å²) >= 11 is 1.68. The first kappa shape index (κ1) is 16.2. The molecule has 1 aromatic carbocycles. The summed E-state index contributed by atoms with van der Waals surface area (Å²) in [6, 6.07) is 10.5. The minimum absolute atomic E-state index is 0.233. The Balaban J connectivity index is 1.51. The SMILES string of the molecule is CC1CCCN(C(=O)Cc2csc(CCc3ccccc3)n2)C1. The molecule has 3 rings (SSSR count). The van der Waals surface area contributed by atoms with Crippen molar-refractivity contribution < 1.29 is 4.79 Å². The normalized spacial score (nSPS) is 18.1. The van der Waals surface area contributed by atoms with Crippen molar-refractivity contribution >= 4 is 17.2 Å². The van der Waals surface area contributed by atoms with Crippen LogP contribution in [0.5, 0.6) is 0 Å². The van der Waals surface area contributed by atoms with Gasteiger partial charge in [-0.05, 0) is 30.7 Å². The van der Waals surface area contributed by atoms with Gasteiger partial charge in [-0.25, -0.2) is 4.98 Å². The van der Waals surface area contributed by atoms with E-state index in [0.717, 1.165) is 43.1 Å². The van der Waals surface area contributed by atoms with E-state index in [1.807, 2.05) is 16.3 Å². The Bertz CT molecular complexity index is 638. The molecule has 0 aliphatic carbocycles. The van der Waals surface area contributed by atoms with Crippen LogP contribution in [0.1, 0.15) is 36.0 Å². The Hall–Kier alpha value is -1.68. The van der Waals surface area contributed by atoms with Gasteiger partial charge in [0.05, 0.1) is 17.1 Å². The molecule has 23 heavy (non-hydrogen) atoms. The molecule has 0 bridgehead atoms. The van der Waals surface area contributed by atoms with Gasteiger partial charge in [0.15, 0.2) is 0 Å². The topological polar surface area (TPSA) is 33.2 Å². The van der Waals surface area contributed by atoms with E-state index < -0.39 is 0 Å². The van der Waals surface area contributed by atoms with Crippen molar-refractivity contribution in [3.05, 3.63) is 52.0 Å². The number of carbonyl (C=O) groups is 1. The lowest BCUT2D eigenvalue weighted by molar-refractivity contribution is -0.132. The van der Waals surface area contributed by atoms with Crippen molar-refractivity contribution in [2.75, 3.05) is 13.1 Å². The lowest BCUT2D eigenvalue weighted by atomic mass is 10.00. The summed E-state index contributed by atoms with van der Waals surface area (Å²) in [5.74, 6) is 0.862. The zero-order chi connectivity index (χ0) is 16.1. The maximum absolute atomic E-state index is 12.4. The molecule has 122 valence electrons. The zero-order valence-electron chi connectivity index (χ0n) is 13.7. The third-order valence-corrected chi connectivity index (χ3v) is 5.37. The summed E-state index contributed by atoms with van der Waals surface area (Å²) in [6.07, 6.45) is 4.78. The number of nitrogens with zero attached hydrogens (tertiary/aromatic N) is 2. The lowest BCUT2D eigenvalue weighted by Gasteiger charge is -2.30. The van der Waals surface area contributed by atoms with Crippen LogP contribution in [0.2, 0.25) is 0 Å². The summed E-state index contributed by atoms with van der Waals surface area (Å²) < 4.78 is 0. The number of hydrogen-bond donors (Lipinski definition) is 0. The molecule has 0 saturated carbocycles. The second-order valence-electron chi connectivity index (χ2n) is 6.48. The van der Waals surface area contributed by atoms with Crippen LogP contribution in [-0.4, -0.2) is 28.9 Å². The number of benzene rings is 1. The molecule has 1 unspecified atom stereocenters. The number of thiazole rings is 1. The van der Waals surface area contributed by atoms with Crippen molar-refractivity contribution in [1.82, 2.24) is 9.88 Å². The fourth-order valence-electron chi connectivity index (χ4n) is 3.12. The molecule has 1 aromatic heterocycles. The number of aromatic nitrogens is 1. The molecule has 2 heterocycles. The van der Waals surface area contributed by atoms with Crippen LogP contribution in [-0.2, 0) is 24.1 Å². The van der Waals surface area contributed by atoms with Gasteiger partial charge in [-0.3, -0.25) is 4.79 Å². The maximum atomic E-state index is 12.4. The molecule has 0 radical (unpaired) electrons. The molecule has 1 aliphatic heterocycles. The first-order valence-electron chi connectivity index (χ1n) is 8.45. The Morgan fingerprint density at radius 1 is 1.30 bits per heavy atom. The van der Waals surface area contributed by atoms with Crippen molar-refractivity contribution in [3.63, 3.8) is 0 Å². The van der Waals surface area contributed by atoms with Gasteiger partial charge in [0.1, 0.15) is 0 Å². The highest BCUT2D eigenvalue weighted by Crippen LogP contribution is 2.18. The number of likely N-dealkylation sites (tertiary alicyclic amines) is 1. The van der Waals surface area contributed by atoms with Crippen LogP contribution >= 0.6 is 11.3 Å². The summed E-state index contributed by atoms with van der Waals surface area (Å²) in [4.78, 5) is 19.1. The van der Waals surface area contributed by atoms with Crippen LogP contribution in [0.25, 0.3) is 0 Å². The van der Waals surface area contributed by atoms with E-state index in [1.54, 1.807) is 11.3 Å². The second kappa shape index (κ2) is 7.73. The fraction of sp³-hybridized carbons (Fsp3) is 0.474. The molecule has 1 aliphatic rings. The van der Waals surface area contributed by atoms with Crippen LogP contribution in [0.15, 0.2) is 35.7 Å². The molecule has 1 saturated heterocycles. The zero-order valence-corrected chi connectivity index (χ0v) is 14.5. The van der Waals surface area contributed by atoms with Crippen molar-refractivity contribution in [2.24, 2.45) is 5.92 Å². The largest absolute Gasteiger partial charge is 0.342 e. The van der Waals surface area contributed by atoms with E-state index in [2.05, 4.69) is 36.2 Å². The molecular formula is C19H24N2OS. The molecule has 0 N–H and O–H groups in total. The standard InChI is InChI=1S/C19H24N2OS/c1-15-6-5-11-21(13-15)19(22)12-17-14-23-18(20-17)10-9-16-7-3-2-4-8-16/h2-4,7-8,14-15H,5-6,9-13H2,1H3. The van der Waals surface area contributed by atoms with E-state index in [0.29, 0.717) is 12.3 Å². The molecule has 1 atom stereocenters. The van der Waals surface area contributed by atoms with E-state index in [9.17, 15) is 4.79 Å². The van der Waals surface area contributed by atoms with Gasteiger partial charge < -0.3 is 4.90 Å². The molecule has 1 amide bonds. The summed E-state index contributed by atoms with van der Waals surface area (Å²) in [5, 5.41) is 3.18. The van der Waals surface area contributed by atoms with Gasteiger partial charge in [-0.1, -0.05) is 37.3 Å². The number of amides is 1. The number of carbonyl (C=O) groups excluding carboxylic acids is 1. The van der Waals surface area contributed by atoms with Crippen molar-refractivity contribution in [2.45, 2.75) is 39.0 Å². The number of aryl methyl sites for hydroxylation is 2. The predicted octanol–water partition coefficient (Wildman–Crippen LogP) is 3.73. The van der Waals surface area contributed by atoms with Gasteiger partial charge in [0, 0.05) is 24.9 Å². The fourth-order valence-corrected chi connectivity index (χ4v) is 3.92. The highest BCUT2D eigenvalue weighted by molar-refractivity contribution is 7.09. The Kier molecular flexibility index (Phi) is 5.44. The average molecular weight is 328 g/mol. The highest BCUT2D eigenvalue weighted by Gasteiger charge is 2.21. The third kappa shape index (κ3) is 4.64. The van der Waals surface area contributed by atoms with Gasteiger partial charge in [0.2, 0.25) is 5.91 Å². The quantitative estimate of drug-likeness (QED) is 0.838. The minimum Gasteiger partial charge on any atom is -0.342 e. The van der Waals surface area contributed by atoms with Crippen LogP contribution in [0.4, 0.5) is 0 Å². The van der Waals surface area contributed by atoms with E-state index in [4.69, 9.17) is 0 Å². The second-order valence-corrected chi connectivity index (χ2v) is 7.42. The Morgan fingerprint density at radius 2 is 2.13 bits per heavy atom. The molecule has 3 nitrogen and oxygen atoms in total. The van der Waals surface area contributed by atoms with Crippen molar-refractivity contribution in [3.8, 4) is 0 Å². The number of piperidine rings is 1. The van der Waals surface area contributed by atoms with Gasteiger partial charge in [-0.15, -0.1) is 11.3 Å². The molecular weight excluding hydrogens is 304 g/mol. The molecule has 2 aromatic rings. The van der Waals surface area contributed by atoms with E-state index >= 15 is 0 Å². The number of hydrogen-bond acceptors (Lipinski definition) is 3. The number of rotatable bonds is 5. The summed E-state index contributed by atoms with van der Waals surface area (Å²) in [6.45, 7) is 4.04. The Morgan fingerprint density at radius 3 is 2.91 bits per heavy atom. The summed E-state index contributed by atoms with van der Waals surface area (Å²) in [7, 11) is 0. The first-order chi connectivity index (χ1) is 11.2. The maximum Gasteiger partial charge on any atom is 0.228 e. The first-order valence-corrected chi connectivity index (χ1v) is 9.33. The highest BCUT2D eigenvalue weighted by atomic mass is 32.1. The van der Waals surface area contributed by atoms with E-state index in [1.165, 1.54) is 12.0 Å². The molecule has 4 heteroatoms. The smallest absolute Gasteiger partial charge is 0.228 e. The van der Waals surface area contributed by atoms with Gasteiger partial charge in [-0.2, -0.15) is 0 Å². The van der Waals surface area contributed by atoms with Gasteiger partial charge in [0.25, 0.3) is 0 Å². The van der Waals surface area contributed by atoms with Crippen LogP contribution in [0, 0.1) is 5.92 Å². The molecule has 1 fully saturated rings. The van der Waals surface area contributed by atoms with Crippen molar-refractivity contribution in [1.29, 1.82) is 0 Å².